The predicted molar refractivity (Wildman–Crippen MR) is 68.6 cm³/mol. The average Bonchev–Trinajstić information content (AvgIpc) is 2.29. The highest BCUT2D eigenvalue weighted by atomic mass is 35.5. The molecule has 0 aliphatic heterocycles. The molecule has 2 nitrogen and oxygen atoms in total. The predicted octanol–water partition coefficient (Wildman–Crippen LogP) is 3.41. The second-order valence-electron chi connectivity index (χ2n) is 4.64. The Balaban J connectivity index is 2.17. The largest absolute Gasteiger partial charge is 0.390 e. The Morgan fingerprint density at radius 1 is 1.18 bits per heavy atom. The number of hydrogen-bond acceptors (Lipinski definition) is 2. The molecule has 1 aliphatic rings. The molecule has 1 aromatic rings. The Morgan fingerprint density at radius 2 is 1.71 bits per heavy atom. The van der Waals surface area contributed by atoms with Gasteiger partial charge in [-0.1, -0.05) is 29.3 Å². The van der Waals surface area contributed by atoms with Crippen molar-refractivity contribution < 1.29 is 9.90 Å². The van der Waals surface area contributed by atoms with Crippen LogP contribution in [0.2, 0.25) is 10.0 Å². The second-order valence-corrected chi connectivity index (χ2v) is 5.45. The summed E-state index contributed by atoms with van der Waals surface area (Å²) in [5, 5.41) is 11.6. The van der Waals surface area contributed by atoms with Gasteiger partial charge in [0, 0.05) is 29.3 Å². The molecule has 0 spiro atoms. The molecule has 17 heavy (non-hydrogen) atoms. The molecular formula is C13H14Cl2O2. The fourth-order valence-electron chi connectivity index (χ4n) is 2.20. The Kier molecular flexibility index (Phi) is 3.76. The van der Waals surface area contributed by atoms with Crippen LogP contribution in [0.5, 0.6) is 0 Å². The van der Waals surface area contributed by atoms with E-state index in [4.69, 9.17) is 23.2 Å². The van der Waals surface area contributed by atoms with Gasteiger partial charge in [-0.25, -0.2) is 0 Å². The molecule has 1 aromatic carbocycles. The van der Waals surface area contributed by atoms with E-state index in [0.717, 1.165) is 5.56 Å². The zero-order valence-corrected chi connectivity index (χ0v) is 10.9. The van der Waals surface area contributed by atoms with Gasteiger partial charge in [0.05, 0.1) is 5.60 Å². The first kappa shape index (κ1) is 12.9. The Bertz CT molecular complexity index is 413. The molecule has 1 fully saturated rings. The van der Waals surface area contributed by atoms with Gasteiger partial charge in [0.2, 0.25) is 0 Å². The molecular weight excluding hydrogens is 259 g/mol. The maximum absolute atomic E-state index is 11.2. The highest BCUT2D eigenvalue weighted by Crippen LogP contribution is 2.34. The van der Waals surface area contributed by atoms with Gasteiger partial charge in [0.15, 0.2) is 0 Å². The summed E-state index contributed by atoms with van der Waals surface area (Å²) in [6, 6.07) is 5.31. The standard InChI is InChI=1S/C13H14Cl2O2/c14-11-2-1-3-12(15)10(11)8-13(17)6-4-9(16)5-7-13/h1-3,17H,4-8H2. The minimum absolute atomic E-state index is 0.222. The van der Waals surface area contributed by atoms with Crippen LogP contribution in [0.3, 0.4) is 0 Å². The molecule has 4 heteroatoms. The Morgan fingerprint density at radius 3 is 2.24 bits per heavy atom. The topological polar surface area (TPSA) is 37.3 Å². The number of benzene rings is 1. The van der Waals surface area contributed by atoms with Crippen LogP contribution in [0.15, 0.2) is 18.2 Å². The number of ketones is 1. The van der Waals surface area contributed by atoms with Crippen LogP contribution in [0.4, 0.5) is 0 Å². The minimum Gasteiger partial charge on any atom is -0.390 e. The number of rotatable bonds is 2. The molecule has 1 N–H and O–H groups in total. The number of carbonyl (C=O) groups excluding carboxylic acids is 1. The fourth-order valence-corrected chi connectivity index (χ4v) is 2.73. The summed E-state index contributed by atoms with van der Waals surface area (Å²) in [5.41, 5.74) is -0.0737. The molecule has 0 bridgehead atoms. The lowest BCUT2D eigenvalue weighted by atomic mass is 9.80. The third-order valence-corrected chi connectivity index (χ3v) is 4.01. The SMILES string of the molecule is O=C1CCC(O)(Cc2c(Cl)cccc2Cl)CC1. The van der Waals surface area contributed by atoms with Crippen molar-refractivity contribution in [3.63, 3.8) is 0 Å². The summed E-state index contributed by atoms with van der Waals surface area (Å²) in [4.78, 5) is 11.2. The second kappa shape index (κ2) is 4.97. The van der Waals surface area contributed by atoms with Crippen molar-refractivity contribution in [1.29, 1.82) is 0 Å². The van der Waals surface area contributed by atoms with Gasteiger partial charge >= 0.3 is 0 Å². The first-order valence-electron chi connectivity index (χ1n) is 5.67. The van der Waals surface area contributed by atoms with Crippen LogP contribution in [0, 0.1) is 0 Å². The zero-order chi connectivity index (χ0) is 12.5. The first-order valence-corrected chi connectivity index (χ1v) is 6.43. The van der Waals surface area contributed by atoms with Gasteiger partial charge in [0.25, 0.3) is 0 Å². The van der Waals surface area contributed by atoms with E-state index in [1.165, 1.54) is 0 Å². The van der Waals surface area contributed by atoms with Crippen LogP contribution in [-0.4, -0.2) is 16.5 Å². The number of aliphatic hydroxyl groups is 1. The molecule has 0 atom stereocenters. The van der Waals surface area contributed by atoms with E-state index in [2.05, 4.69) is 0 Å². The quantitative estimate of drug-likeness (QED) is 0.896. The molecule has 92 valence electrons. The van der Waals surface area contributed by atoms with Gasteiger partial charge in [-0.3, -0.25) is 4.79 Å². The molecule has 0 unspecified atom stereocenters. The lowest BCUT2D eigenvalue weighted by Gasteiger charge is -2.32. The van der Waals surface area contributed by atoms with E-state index < -0.39 is 5.60 Å². The number of halogens is 2. The van der Waals surface area contributed by atoms with E-state index >= 15 is 0 Å². The van der Waals surface area contributed by atoms with E-state index in [1.54, 1.807) is 18.2 Å². The molecule has 1 saturated carbocycles. The van der Waals surface area contributed by atoms with E-state index in [0.29, 0.717) is 42.1 Å². The van der Waals surface area contributed by atoms with Crippen molar-refractivity contribution in [2.45, 2.75) is 37.7 Å². The zero-order valence-electron chi connectivity index (χ0n) is 9.38. The molecule has 0 heterocycles. The summed E-state index contributed by atoms with van der Waals surface area (Å²) in [6.07, 6.45) is 2.29. The molecule has 0 aromatic heterocycles. The maximum atomic E-state index is 11.2. The summed E-state index contributed by atoms with van der Waals surface area (Å²) in [7, 11) is 0. The summed E-state index contributed by atoms with van der Waals surface area (Å²) < 4.78 is 0. The van der Waals surface area contributed by atoms with Gasteiger partial charge < -0.3 is 5.11 Å². The van der Waals surface area contributed by atoms with Crippen LogP contribution < -0.4 is 0 Å². The highest BCUT2D eigenvalue weighted by Gasteiger charge is 2.33. The summed E-state index contributed by atoms with van der Waals surface area (Å²) >= 11 is 12.2. The lowest BCUT2D eigenvalue weighted by molar-refractivity contribution is -0.125. The van der Waals surface area contributed by atoms with Crippen LogP contribution in [-0.2, 0) is 11.2 Å². The Labute approximate surface area is 111 Å². The van der Waals surface area contributed by atoms with Gasteiger partial charge in [-0.05, 0) is 30.5 Å². The third-order valence-electron chi connectivity index (χ3n) is 3.31. The number of Topliss-reactive ketones (excluding diaryl/α,β-unsaturated/α-hetero) is 1. The summed E-state index contributed by atoms with van der Waals surface area (Å²) in [5.74, 6) is 0.222. The lowest BCUT2D eigenvalue weighted by Crippen LogP contribution is -2.36. The highest BCUT2D eigenvalue weighted by molar-refractivity contribution is 6.36. The monoisotopic (exact) mass is 272 g/mol. The maximum Gasteiger partial charge on any atom is 0.133 e. The van der Waals surface area contributed by atoms with Crippen LogP contribution >= 0.6 is 23.2 Å². The van der Waals surface area contributed by atoms with Crippen molar-refractivity contribution in [3.8, 4) is 0 Å². The summed E-state index contributed by atoms with van der Waals surface area (Å²) in [6.45, 7) is 0. The first-order chi connectivity index (χ1) is 8.00. The van der Waals surface area contributed by atoms with Gasteiger partial charge in [-0.15, -0.1) is 0 Å². The minimum atomic E-state index is -0.845. The van der Waals surface area contributed by atoms with Gasteiger partial charge in [-0.2, -0.15) is 0 Å². The Hall–Kier alpha value is -0.570. The van der Waals surface area contributed by atoms with Crippen molar-refractivity contribution in [2.24, 2.45) is 0 Å². The molecule has 0 saturated heterocycles. The van der Waals surface area contributed by atoms with Crippen molar-refractivity contribution in [3.05, 3.63) is 33.8 Å². The fraction of sp³-hybridized carbons (Fsp3) is 0.462. The number of hydrogen-bond donors (Lipinski definition) is 1. The van der Waals surface area contributed by atoms with Crippen LogP contribution in [0.1, 0.15) is 31.2 Å². The van der Waals surface area contributed by atoms with Crippen molar-refractivity contribution in [1.82, 2.24) is 0 Å². The average molecular weight is 273 g/mol. The molecule has 0 amide bonds. The third kappa shape index (κ3) is 3.01. The van der Waals surface area contributed by atoms with Crippen molar-refractivity contribution >= 4 is 29.0 Å². The van der Waals surface area contributed by atoms with E-state index in [9.17, 15) is 9.90 Å². The normalized spacial score (nSPS) is 19.4. The number of carbonyl (C=O) groups is 1. The molecule has 0 radical (unpaired) electrons. The van der Waals surface area contributed by atoms with E-state index in [-0.39, 0.29) is 5.78 Å². The van der Waals surface area contributed by atoms with E-state index in [1.807, 2.05) is 0 Å². The smallest absolute Gasteiger partial charge is 0.133 e. The molecule has 2 rings (SSSR count). The van der Waals surface area contributed by atoms with Gasteiger partial charge in [0.1, 0.15) is 5.78 Å². The van der Waals surface area contributed by atoms with Crippen LogP contribution in [0.25, 0.3) is 0 Å². The molecule has 1 aliphatic carbocycles. The van der Waals surface area contributed by atoms with Crippen molar-refractivity contribution in [2.75, 3.05) is 0 Å².